The van der Waals surface area contributed by atoms with E-state index in [1.165, 1.54) is 11.1 Å². The van der Waals surface area contributed by atoms with E-state index in [2.05, 4.69) is 36.5 Å². The van der Waals surface area contributed by atoms with Gasteiger partial charge in [-0.2, -0.15) is 0 Å². The van der Waals surface area contributed by atoms with Crippen LogP contribution in [0.2, 0.25) is 0 Å². The van der Waals surface area contributed by atoms with Crippen molar-refractivity contribution in [2.45, 2.75) is 39.3 Å². The van der Waals surface area contributed by atoms with Gasteiger partial charge < -0.3 is 10.1 Å². The van der Waals surface area contributed by atoms with Crippen molar-refractivity contribution in [2.75, 3.05) is 6.54 Å². The molecule has 0 saturated carbocycles. The predicted octanol–water partition coefficient (Wildman–Crippen LogP) is 2.60. The van der Waals surface area contributed by atoms with Gasteiger partial charge in [0.15, 0.2) is 0 Å². The van der Waals surface area contributed by atoms with Gasteiger partial charge in [0, 0.05) is 6.04 Å². The number of benzene rings is 1. The molecule has 1 saturated heterocycles. The van der Waals surface area contributed by atoms with Gasteiger partial charge >= 0.3 is 5.97 Å². The summed E-state index contributed by atoms with van der Waals surface area (Å²) in [6.45, 7) is 6.72. The van der Waals surface area contributed by atoms with Crippen LogP contribution in [0.3, 0.4) is 0 Å². The monoisotopic (exact) mass is 247 g/mol. The molecule has 1 aliphatic rings. The molecule has 1 N–H and O–H groups in total. The second-order valence-electron chi connectivity index (χ2n) is 5.22. The number of nitrogens with one attached hydrogen (secondary N) is 1. The van der Waals surface area contributed by atoms with E-state index >= 15 is 0 Å². The molecular weight excluding hydrogens is 226 g/mol. The highest BCUT2D eigenvalue weighted by Gasteiger charge is 2.35. The lowest BCUT2D eigenvalue weighted by Crippen LogP contribution is -2.27. The van der Waals surface area contributed by atoms with Gasteiger partial charge in [0.05, 0.1) is 12.0 Å². The zero-order valence-electron chi connectivity index (χ0n) is 11.3. The van der Waals surface area contributed by atoms with E-state index in [0.717, 1.165) is 13.0 Å². The highest BCUT2D eigenvalue weighted by Crippen LogP contribution is 2.30. The van der Waals surface area contributed by atoms with Gasteiger partial charge in [-0.05, 0) is 39.3 Å². The van der Waals surface area contributed by atoms with E-state index < -0.39 is 0 Å². The van der Waals surface area contributed by atoms with Crippen molar-refractivity contribution in [1.29, 1.82) is 0 Å². The van der Waals surface area contributed by atoms with Crippen LogP contribution < -0.4 is 5.32 Å². The maximum absolute atomic E-state index is 12.0. The van der Waals surface area contributed by atoms with Gasteiger partial charge in [-0.1, -0.05) is 29.8 Å². The average molecular weight is 247 g/mol. The van der Waals surface area contributed by atoms with Crippen LogP contribution >= 0.6 is 0 Å². The topological polar surface area (TPSA) is 38.3 Å². The Kier molecular flexibility index (Phi) is 4.02. The Morgan fingerprint density at radius 1 is 1.33 bits per heavy atom. The molecule has 18 heavy (non-hydrogen) atoms. The molecule has 3 nitrogen and oxygen atoms in total. The maximum atomic E-state index is 12.0. The van der Waals surface area contributed by atoms with Gasteiger partial charge in [-0.3, -0.25) is 4.79 Å². The molecule has 1 aromatic carbocycles. The molecule has 1 fully saturated rings. The molecule has 0 amide bonds. The highest BCUT2D eigenvalue weighted by atomic mass is 16.5. The summed E-state index contributed by atoms with van der Waals surface area (Å²) in [6.07, 6.45) is 0.807. The minimum atomic E-state index is -0.0828. The Balaban J connectivity index is 2.12. The van der Waals surface area contributed by atoms with Gasteiger partial charge in [-0.15, -0.1) is 0 Å². The number of hydrogen-bond acceptors (Lipinski definition) is 3. The molecule has 1 aromatic rings. The summed E-state index contributed by atoms with van der Waals surface area (Å²) in [4.78, 5) is 12.0. The molecule has 0 unspecified atom stereocenters. The molecule has 3 heteroatoms. The standard InChI is InChI=1S/C15H21NO2/c1-10(2)18-15(17)13-8-9-16-14(13)12-6-4-11(3)5-7-12/h4-7,10,13-14,16H,8-9H2,1-3H3/t13-,14-/m1/s1. The molecule has 2 atom stereocenters. The van der Waals surface area contributed by atoms with Gasteiger partial charge in [0.2, 0.25) is 0 Å². The van der Waals surface area contributed by atoms with Crippen LogP contribution in [0.4, 0.5) is 0 Å². The van der Waals surface area contributed by atoms with Crippen LogP contribution in [0.15, 0.2) is 24.3 Å². The highest BCUT2D eigenvalue weighted by molar-refractivity contribution is 5.74. The largest absolute Gasteiger partial charge is 0.463 e. The average Bonchev–Trinajstić information content (AvgIpc) is 2.78. The summed E-state index contributed by atoms with van der Waals surface area (Å²) in [7, 11) is 0. The summed E-state index contributed by atoms with van der Waals surface area (Å²) in [5.74, 6) is -0.143. The fourth-order valence-electron chi connectivity index (χ4n) is 2.40. The van der Waals surface area contributed by atoms with E-state index in [1.807, 2.05) is 13.8 Å². The van der Waals surface area contributed by atoms with Gasteiger partial charge in [0.25, 0.3) is 0 Å². The lowest BCUT2D eigenvalue weighted by atomic mass is 9.94. The van der Waals surface area contributed by atoms with Crippen molar-refractivity contribution in [2.24, 2.45) is 5.92 Å². The first-order chi connectivity index (χ1) is 8.58. The van der Waals surface area contributed by atoms with E-state index in [1.54, 1.807) is 0 Å². The normalized spacial score (nSPS) is 23.3. The molecule has 0 aliphatic carbocycles. The number of ether oxygens (including phenoxy) is 1. The molecule has 0 radical (unpaired) electrons. The van der Waals surface area contributed by atoms with Crippen LogP contribution in [-0.4, -0.2) is 18.6 Å². The van der Waals surface area contributed by atoms with Crippen LogP contribution in [0, 0.1) is 12.8 Å². The third-order valence-corrected chi connectivity index (χ3v) is 3.31. The summed E-state index contributed by atoms with van der Waals surface area (Å²) in [5.41, 5.74) is 2.40. The van der Waals surface area contributed by atoms with Crippen molar-refractivity contribution in [3.05, 3.63) is 35.4 Å². The third kappa shape index (κ3) is 2.91. The van der Waals surface area contributed by atoms with Gasteiger partial charge in [-0.25, -0.2) is 0 Å². The molecule has 0 spiro atoms. The van der Waals surface area contributed by atoms with E-state index in [9.17, 15) is 4.79 Å². The molecule has 98 valence electrons. The van der Waals surface area contributed by atoms with Crippen molar-refractivity contribution in [3.63, 3.8) is 0 Å². The Hall–Kier alpha value is -1.35. The first-order valence-corrected chi connectivity index (χ1v) is 6.58. The second-order valence-corrected chi connectivity index (χ2v) is 5.22. The fraction of sp³-hybridized carbons (Fsp3) is 0.533. The molecule has 0 aromatic heterocycles. The minimum Gasteiger partial charge on any atom is -0.463 e. The zero-order chi connectivity index (χ0) is 13.1. The number of rotatable bonds is 3. The van der Waals surface area contributed by atoms with Crippen LogP contribution in [0.1, 0.15) is 37.4 Å². The van der Waals surface area contributed by atoms with Crippen LogP contribution in [0.25, 0.3) is 0 Å². The maximum Gasteiger partial charge on any atom is 0.311 e. The molecular formula is C15H21NO2. The molecule has 1 heterocycles. The van der Waals surface area contributed by atoms with Crippen molar-refractivity contribution < 1.29 is 9.53 Å². The number of carbonyl (C=O) groups excluding carboxylic acids is 1. The quantitative estimate of drug-likeness (QED) is 0.834. The summed E-state index contributed by atoms with van der Waals surface area (Å²) in [6, 6.07) is 8.44. The SMILES string of the molecule is Cc1ccc([C@H]2NCC[C@H]2C(=O)OC(C)C)cc1. The number of esters is 1. The molecule has 1 aliphatic heterocycles. The van der Waals surface area contributed by atoms with E-state index in [0.29, 0.717) is 0 Å². The van der Waals surface area contributed by atoms with Crippen LogP contribution in [0.5, 0.6) is 0 Å². The fourth-order valence-corrected chi connectivity index (χ4v) is 2.40. The van der Waals surface area contributed by atoms with Crippen molar-refractivity contribution >= 4 is 5.97 Å². The second kappa shape index (κ2) is 5.53. The number of hydrogen-bond donors (Lipinski definition) is 1. The number of carbonyl (C=O) groups is 1. The zero-order valence-corrected chi connectivity index (χ0v) is 11.3. The van der Waals surface area contributed by atoms with Crippen molar-refractivity contribution in [1.82, 2.24) is 5.32 Å². The van der Waals surface area contributed by atoms with E-state index in [-0.39, 0.29) is 24.0 Å². The lowest BCUT2D eigenvalue weighted by molar-refractivity contribution is -0.152. The lowest BCUT2D eigenvalue weighted by Gasteiger charge is -2.20. The van der Waals surface area contributed by atoms with E-state index in [4.69, 9.17) is 4.74 Å². The molecule has 2 rings (SSSR count). The first kappa shape index (κ1) is 13.1. The van der Waals surface area contributed by atoms with Gasteiger partial charge in [0.1, 0.15) is 0 Å². The minimum absolute atomic E-state index is 0.0447. The predicted molar refractivity (Wildman–Crippen MR) is 71.3 cm³/mol. The number of aryl methyl sites for hydroxylation is 1. The Morgan fingerprint density at radius 3 is 2.61 bits per heavy atom. The Morgan fingerprint density at radius 2 is 2.00 bits per heavy atom. The Bertz CT molecular complexity index is 411. The Labute approximate surface area is 109 Å². The first-order valence-electron chi connectivity index (χ1n) is 6.58. The van der Waals surface area contributed by atoms with Crippen molar-refractivity contribution in [3.8, 4) is 0 Å². The molecule has 0 bridgehead atoms. The summed E-state index contributed by atoms with van der Waals surface area (Å²) < 4.78 is 5.33. The smallest absolute Gasteiger partial charge is 0.311 e. The summed E-state index contributed by atoms with van der Waals surface area (Å²) >= 11 is 0. The summed E-state index contributed by atoms with van der Waals surface area (Å²) in [5, 5.41) is 3.40. The third-order valence-electron chi connectivity index (χ3n) is 3.31. The van der Waals surface area contributed by atoms with Crippen LogP contribution in [-0.2, 0) is 9.53 Å².